The second-order valence-corrected chi connectivity index (χ2v) is 3.74. The Hall–Kier alpha value is -2.05. The first-order valence-electron chi connectivity index (χ1n) is 5.28. The molecule has 0 spiro atoms. The van der Waals surface area contributed by atoms with E-state index in [1.807, 2.05) is 0 Å². The highest BCUT2D eigenvalue weighted by Crippen LogP contribution is 2.21. The van der Waals surface area contributed by atoms with Gasteiger partial charge in [0.2, 0.25) is 0 Å². The summed E-state index contributed by atoms with van der Waals surface area (Å²) < 4.78 is 36.0. The second-order valence-electron chi connectivity index (χ2n) is 3.74. The third-order valence-corrected chi connectivity index (χ3v) is 2.30. The van der Waals surface area contributed by atoms with Gasteiger partial charge in [-0.05, 0) is 12.1 Å². The molecule has 0 saturated carbocycles. The predicted octanol–water partition coefficient (Wildman–Crippen LogP) is 2.58. The summed E-state index contributed by atoms with van der Waals surface area (Å²) in [4.78, 5) is 8.19. The van der Waals surface area contributed by atoms with E-state index < -0.39 is 12.6 Å². The molecule has 0 bridgehead atoms. The van der Waals surface area contributed by atoms with E-state index in [0.717, 1.165) is 0 Å². The summed E-state index contributed by atoms with van der Waals surface area (Å²) in [5.74, 6) is 0.272. The Kier molecular flexibility index (Phi) is 3.22. The van der Waals surface area contributed by atoms with Crippen LogP contribution in [-0.2, 0) is 0 Å². The average Bonchev–Trinajstić information content (AvgIpc) is 2.28. The molecule has 0 amide bonds. The molecular formula is C11H11F3N4. The van der Waals surface area contributed by atoms with E-state index in [4.69, 9.17) is 5.73 Å². The van der Waals surface area contributed by atoms with Crippen LogP contribution in [0, 0.1) is 0 Å². The zero-order chi connectivity index (χ0) is 13.2. The monoisotopic (exact) mass is 256 g/mol. The first-order chi connectivity index (χ1) is 8.46. The van der Waals surface area contributed by atoms with Crippen molar-refractivity contribution in [2.24, 2.45) is 0 Å². The van der Waals surface area contributed by atoms with Gasteiger partial charge in [0.25, 0.3) is 0 Å². The van der Waals surface area contributed by atoms with Crippen LogP contribution in [0.25, 0.3) is 11.0 Å². The number of nitrogens with two attached hydrogens (primary N) is 1. The third kappa shape index (κ3) is 2.99. The van der Waals surface area contributed by atoms with Gasteiger partial charge in [0.05, 0.1) is 17.5 Å². The van der Waals surface area contributed by atoms with Crippen LogP contribution in [0.1, 0.15) is 6.42 Å². The summed E-state index contributed by atoms with van der Waals surface area (Å²) in [5.41, 5.74) is 6.81. The molecule has 3 N–H and O–H groups in total. The zero-order valence-corrected chi connectivity index (χ0v) is 9.33. The Labute approximate surface area is 101 Å². The van der Waals surface area contributed by atoms with Crippen LogP contribution in [0.5, 0.6) is 0 Å². The number of halogens is 3. The third-order valence-electron chi connectivity index (χ3n) is 2.30. The minimum Gasteiger partial charge on any atom is -0.381 e. The highest BCUT2D eigenvalue weighted by molar-refractivity contribution is 5.79. The molecule has 2 aromatic rings. The Morgan fingerprint density at radius 3 is 2.33 bits per heavy atom. The lowest BCUT2D eigenvalue weighted by molar-refractivity contribution is -0.131. The van der Waals surface area contributed by atoms with E-state index in [9.17, 15) is 13.2 Å². The zero-order valence-electron chi connectivity index (χ0n) is 9.33. The van der Waals surface area contributed by atoms with E-state index in [0.29, 0.717) is 11.0 Å². The summed E-state index contributed by atoms with van der Waals surface area (Å²) in [6.45, 7) is -0.277. The lowest BCUT2D eigenvalue weighted by atomic mass is 10.3. The Balaban J connectivity index is 2.15. The van der Waals surface area contributed by atoms with Gasteiger partial charge >= 0.3 is 6.18 Å². The number of alkyl halides is 3. The topological polar surface area (TPSA) is 63.8 Å². The molecule has 1 aromatic carbocycles. The summed E-state index contributed by atoms with van der Waals surface area (Å²) >= 11 is 0. The number of para-hydroxylation sites is 2. The van der Waals surface area contributed by atoms with Crippen molar-refractivity contribution in [2.45, 2.75) is 12.6 Å². The Morgan fingerprint density at radius 2 is 1.72 bits per heavy atom. The van der Waals surface area contributed by atoms with Gasteiger partial charge in [0.15, 0.2) is 11.6 Å². The SMILES string of the molecule is Nc1nc2ccccc2nc1NCCC(F)(F)F. The number of benzene rings is 1. The number of aromatic nitrogens is 2. The van der Waals surface area contributed by atoms with E-state index in [2.05, 4.69) is 15.3 Å². The van der Waals surface area contributed by atoms with Gasteiger partial charge in [-0.25, -0.2) is 9.97 Å². The molecule has 96 valence electrons. The molecule has 18 heavy (non-hydrogen) atoms. The van der Waals surface area contributed by atoms with E-state index in [-0.39, 0.29) is 18.2 Å². The quantitative estimate of drug-likeness (QED) is 0.885. The Morgan fingerprint density at radius 1 is 1.11 bits per heavy atom. The van der Waals surface area contributed by atoms with Crippen molar-refractivity contribution >= 4 is 22.7 Å². The number of nitrogens with one attached hydrogen (secondary N) is 1. The number of anilines is 2. The number of rotatable bonds is 3. The molecule has 1 aromatic heterocycles. The largest absolute Gasteiger partial charge is 0.390 e. The predicted molar refractivity (Wildman–Crippen MR) is 63.1 cm³/mol. The fourth-order valence-corrected chi connectivity index (χ4v) is 1.47. The molecule has 0 fully saturated rings. The van der Waals surface area contributed by atoms with Crippen molar-refractivity contribution in [3.05, 3.63) is 24.3 Å². The number of hydrogen-bond acceptors (Lipinski definition) is 4. The number of nitrogens with zero attached hydrogens (tertiary/aromatic N) is 2. The highest BCUT2D eigenvalue weighted by Gasteiger charge is 2.26. The van der Waals surface area contributed by atoms with Crippen molar-refractivity contribution in [3.63, 3.8) is 0 Å². The summed E-state index contributed by atoms with van der Waals surface area (Å²) in [6, 6.07) is 7.01. The van der Waals surface area contributed by atoms with E-state index >= 15 is 0 Å². The minimum absolute atomic E-state index is 0.0934. The van der Waals surface area contributed by atoms with Gasteiger partial charge in [-0.15, -0.1) is 0 Å². The number of nitrogen functional groups attached to an aromatic ring is 1. The van der Waals surface area contributed by atoms with E-state index in [1.54, 1.807) is 24.3 Å². The smallest absolute Gasteiger partial charge is 0.381 e. The highest BCUT2D eigenvalue weighted by atomic mass is 19.4. The van der Waals surface area contributed by atoms with Crippen LogP contribution in [0.3, 0.4) is 0 Å². The van der Waals surface area contributed by atoms with Crippen molar-refractivity contribution in [1.82, 2.24) is 9.97 Å². The fraction of sp³-hybridized carbons (Fsp3) is 0.273. The summed E-state index contributed by atoms with van der Waals surface area (Å²) in [6.07, 6.45) is -5.15. The molecule has 0 radical (unpaired) electrons. The van der Waals surface area contributed by atoms with Crippen molar-refractivity contribution in [3.8, 4) is 0 Å². The number of fused-ring (bicyclic) bond motifs is 1. The van der Waals surface area contributed by atoms with Crippen molar-refractivity contribution < 1.29 is 13.2 Å². The molecule has 0 aliphatic rings. The molecule has 0 atom stereocenters. The maximum Gasteiger partial charge on any atom is 0.390 e. The fourth-order valence-electron chi connectivity index (χ4n) is 1.47. The van der Waals surface area contributed by atoms with Gasteiger partial charge < -0.3 is 11.1 Å². The van der Waals surface area contributed by atoms with Gasteiger partial charge in [0.1, 0.15) is 0 Å². The Bertz CT molecular complexity index is 553. The second kappa shape index (κ2) is 4.67. The van der Waals surface area contributed by atoms with Crippen LogP contribution in [0.4, 0.5) is 24.8 Å². The number of hydrogen-bond donors (Lipinski definition) is 2. The molecule has 0 saturated heterocycles. The summed E-state index contributed by atoms with van der Waals surface area (Å²) in [5, 5.41) is 2.54. The van der Waals surface area contributed by atoms with Gasteiger partial charge in [-0.3, -0.25) is 0 Å². The lowest BCUT2D eigenvalue weighted by Crippen LogP contribution is -2.16. The standard InChI is InChI=1S/C11H11F3N4/c12-11(13,14)5-6-16-10-9(15)17-7-3-1-2-4-8(7)18-10/h1-4H,5-6H2,(H2,15,17)(H,16,18). The van der Waals surface area contributed by atoms with Gasteiger partial charge in [-0.1, -0.05) is 12.1 Å². The van der Waals surface area contributed by atoms with Crippen LogP contribution in [0.15, 0.2) is 24.3 Å². The molecule has 0 aliphatic carbocycles. The maximum absolute atomic E-state index is 12.0. The first kappa shape index (κ1) is 12.4. The van der Waals surface area contributed by atoms with Crippen molar-refractivity contribution in [1.29, 1.82) is 0 Å². The van der Waals surface area contributed by atoms with Crippen LogP contribution >= 0.6 is 0 Å². The maximum atomic E-state index is 12.0. The average molecular weight is 256 g/mol. The normalized spacial score (nSPS) is 11.7. The first-order valence-corrected chi connectivity index (χ1v) is 5.28. The molecular weight excluding hydrogens is 245 g/mol. The molecule has 7 heteroatoms. The minimum atomic E-state index is -4.20. The summed E-state index contributed by atoms with van der Waals surface area (Å²) in [7, 11) is 0. The van der Waals surface area contributed by atoms with Gasteiger partial charge in [-0.2, -0.15) is 13.2 Å². The van der Waals surface area contributed by atoms with Crippen LogP contribution in [0.2, 0.25) is 0 Å². The van der Waals surface area contributed by atoms with Gasteiger partial charge in [0, 0.05) is 6.54 Å². The van der Waals surface area contributed by atoms with Crippen LogP contribution in [-0.4, -0.2) is 22.7 Å². The lowest BCUT2D eigenvalue weighted by Gasteiger charge is -2.10. The molecule has 2 rings (SSSR count). The molecule has 1 heterocycles. The van der Waals surface area contributed by atoms with Crippen molar-refractivity contribution in [2.75, 3.05) is 17.6 Å². The molecule has 4 nitrogen and oxygen atoms in total. The molecule has 0 aliphatic heterocycles. The molecule has 0 unspecified atom stereocenters. The van der Waals surface area contributed by atoms with Crippen LogP contribution < -0.4 is 11.1 Å². The van der Waals surface area contributed by atoms with E-state index in [1.165, 1.54) is 0 Å².